The first-order chi connectivity index (χ1) is 12.3. The molecule has 0 unspecified atom stereocenters. The van der Waals surface area contributed by atoms with E-state index in [-0.39, 0.29) is 11.9 Å². The van der Waals surface area contributed by atoms with E-state index in [9.17, 15) is 4.79 Å². The molecule has 0 radical (unpaired) electrons. The maximum Gasteiger partial charge on any atom is 0.254 e. The van der Waals surface area contributed by atoms with Crippen LogP contribution in [-0.4, -0.2) is 34.0 Å². The van der Waals surface area contributed by atoms with Gasteiger partial charge in [0.05, 0.1) is 19.5 Å². The van der Waals surface area contributed by atoms with E-state index < -0.39 is 0 Å². The van der Waals surface area contributed by atoms with Crippen LogP contribution in [0.25, 0.3) is 5.69 Å². The van der Waals surface area contributed by atoms with Crippen LogP contribution < -0.4 is 4.74 Å². The van der Waals surface area contributed by atoms with E-state index in [0.717, 1.165) is 30.0 Å². The standard InChI is InChI=1S/C20H19N3O2/c1-25-18-4-2-3-16(13-18)19-9-11-23(19)20(24)15-5-7-17(8-6-15)22-12-10-21-14-22/h2-8,10,12-14,19H,9,11H2,1H3/t19-/m0/s1. The molecule has 0 spiro atoms. The number of hydrogen-bond acceptors (Lipinski definition) is 3. The quantitative estimate of drug-likeness (QED) is 0.734. The highest BCUT2D eigenvalue weighted by Crippen LogP contribution is 2.35. The molecule has 0 bridgehead atoms. The van der Waals surface area contributed by atoms with Gasteiger partial charge in [0.2, 0.25) is 0 Å². The smallest absolute Gasteiger partial charge is 0.254 e. The Labute approximate surface area is 146 Å². The van der Waals surface area contributed by atoms with Crippen molar-refractivity contribution < 1.29 is 9.53 Å². The molecule has 1 atom stereocenters. The predicted octanol–water partition coefficient (Wildman–Crippen LogP) is 3.47. The lowest BCUT2D eigenvalue weighted by molar-refractivity contribution is 0.0460. The molecular weight excluding hydrogens is 314 g/mol. The van der Waals surface area contributed by atoms with Gasteiger partial charge >= 0.3 is 0 Å². The summed E-state index contributed by atoms with van der Waals surface area (Å²) in [6.45, 7) is 0.782. The van der Waals surface area contributed by atoms with Crippen molar-refractivity contribution in [2.75, 3.05) is 13.7 Å². The number of hydrogen-bond donors (Lipinski definition) is 0. The van der Waals surface area contributed by atoms with Crippen molar-refractivity contribution in [2.45, 2.75) is 12.5 Å². The second-order valence-corrected chi connectivity index (χ2v) is 6.10. The zero-order valence-corrected chi connectivity index (χ0v) is 14.0. The molecule has 1 fully saturated rings. The van der Waals surface area contributed by atoms with Crippen LogP contribution in [0.2, 0.25) is 0 Å². The maximum atomic E-state index is 12.8. The highest BCUT2D eigenvalue weighted by Gasteiger charge is 2.34. The van der Waals surface area contributed by atoms with E-state index in [1.165, 1.54) is 0 Å². The van der Waals surface area contributed by atoms with Crippen LogP contribution in [0.3, 0.4) is 0 Å². The van der Waals surface area contributed by atoms with Crippen molar-refractivity contribution >= 4 is 5.91 Å². The number of amides is 1. The van der Waals surface area contributed by atoms with E-state index in [0.29, 0.717) is 5.56 Å². The fraction of sp³-hybridized carbons (Fsp3) is 0.200. The lowest BCUT2D eigenvalue weighted by Crippen LogP contribution is -2.45. The summed E-state index contributed by atoms with van der Waals surface area (Å²) in [5, 5.41) is 0. The average molecular weight is 333 g/mol. The van der Waals surface area contributed by atoms with Gasteiger partial charge in [-0.25, -0.2) is 4.98 Å². The zero-order valence-electron chi connectivity index (χ0n) is 14.0. The summed E-state index contributed by atoms with van der Waals surface area (Å²) in [6.07, 6.45) is 6.33. The molecule has 1 saturated heterocycles. The topological polar surface area (TPSA) is 47.4 Å². The van der Waals surface area contributed by atoms with Gasteiger partial charge < -0.3 is 14.2 Å². The van der Waals surface area contributed by atoms with Gasteiger partial charge in [0.15, 0.2) is 0 Å². The van der Waals surface area contributed by atoms with E-state index >= 15 is 0 Å². The lowest BCUT2D eigenvalue weighted by atomic mass is 9.93. The monoisotopic (exact) mass is 333 g/mol. The number of nitrogens with zero attached hydrogens (tertiary/aromatic N) is 3. The molecule has 4 rings (SSSR count). The Morgan fingerprint density at radius 1 is 1.20 bits per heavy atom. The minimum atomic E-state index is 0.0660. The van der Waals surface area contributed by atoms with Gasteiger partial charge in [0.25, 0.3) is 5.91 Å². The largest absolute Gasteiger partial charge is 0.497 e. The molecule has 25 heavy (non-hydrogen) atoms. The molecule has 0 N–H and O–H groups in total. The number of imidazole rings is 1. The average Bonchev–Trinajstić information content (AvgIpc) is 3.16. The van der Waals surface area contributed by atoms with E-state index in [1.807, 2.05) is 58.1 Å². The van der Waals surface area contributed by atoms with Gasteiger partial charge in [-0.2, -0.15) is 0 Å². The number of likely N-dealkylation sites (tertiary alicyclic amines) is 1. The van der Waals surface area contributed by atoms with Gasteiger partial charge in [-0.1, -0.05) is 12.1 Å². The number of carbonyl (C=O) groups excluding carboxylic acids is 1. The second-order valence-electron chi connectivity index (χ2n) is 6.10. The molecule has 3 aromatic rings. The summed E-state index contributed by atoms with van der Waals surface area (Å²) in [4.78, 5) is 18.8. The summed E-state index contributed by atoms with van der Waals surface area (Å²) in [7, 11) is 1.66. The molecule has 1 aromatic heterocycles. The van der Waals surface area contributed by atoms with Gasteiger partial charge in [0, 0.05) is 30.2 Å². The lowest BCUT2D eigenvalue weighted by Gasteiger charge is -2.41. The summed E-state index contributed by atoms with van der Waals surface area (Å²) in [5.74, 6) is 0.887. The molecule has 1 aliphatic rings. The molecule has 5 nitrogen and oxygen atoms in total. The van der Waals surface area contributed by atoms with Crippen molar-refractivity contribution in [1.29, 1.82) is 0 Å². The molecule has 1 aliphatic heterocycles. The SMILES string of the molecule is COc1cccc([C@@H]2CCN2C(=O)c2ccc(-n3ccnc3)cc2)c1. The summed E-state index contributed by atoms with van der Waals surface area (Å²) in [6, 6.07) is 15.7. The minimum Gasteiger partial charge on any atom is -0.497 e. The van der Waals surface area contributed by atoms with Crippen LogP contribution in [0.4, 0.5) is 0 Å². The molecule has 1 amide bonds. The first kappa shape index (κ1) is 15.4. The molecule has 2 aromatic carbocycles. The van der Waals surface area contributed by atoms with Gasteiger partial charge in [-0.15, -0.1) is 0 Å². The Morgan fingerprint density at radius 2 is 2.04 bits per heavy atom. The van der Waals surface area contributed by atoms with Crippen molar-refractivity contribution in [3.63, 3.8) is 0 Å². The fourth-order valence-electron chi connectivity index (χ4n) is 3.18. The molecule has 0 saturated carbocycles. The second kappa shape index (κ2) is 6.43. The first-order valence-corrected chi connectivity index (χ1v) is 8.29. The van der Waals surface area contributed by atoms with Crippen molar-refractivity contribution in [3.05, 3.63) is 78.4 Å². The predicted molar refractivity (Wildman–Crippen MR) is 95.0 cm³/mol. The third-order valence-electron chi connectivity index (χ3n) is 4.68. The van der Waals surface area contributed by atoms with Crippen LogP contribution in [0.15, 0.2) is 67.3 Å². The van der Waals surface area contributed by atoms with Crippen LogP contribution in [-0.2, 0) is 0 Å². The summed E-state index contributed by atoms with van der Waals surface area (Å²) in [5.41, 5.74) is 2.81. The van der Waals surface area contributed by atoms with E-state index in [1.54, 1.807) is 19.6 Å². The van der Waals surface area contributed by atoms with Crippen LogP contribution in [0.1, 0.15) is 28.4 Å². The van der Waals surface area contributed by atoms with E-state index in [2.05, 4.69) is 11.1 Å². The van der Waals surface area contributed by atoms with Gasteiger partial charge in [-0.3, -0.25) is 4.79 Å². The zero-order chi connectivity index (χ0) is 17.2. The number of aromatic nitrogens is 2. The maximum absolute atomic E-state index is 12.8. The highest BCUT2D eigenvalue weighted by molar-refractivity contribution is 5.95. The minimum absolute atomic E-state index is 0.0660. The molecular formula is C20H19N3O2. The normalized spacial score (nSPS) is 16.4. The fourth-order valence-corrected chi connectivity index (χ4v) is 3.18. The van der Waals surface area contributed by atoms with Crippen LogP contribution in [0.5, 0.6) is 5.75 Å². The van der Waals surface area contributed by atoms with E-state index in [4.69, 9.17) is 4.74 Å². The summed E-state index contributed by atoms with van der Waals surface area (Å²) >= 11 is 0. The molecule has 0 aliphatic carbocycles. The highest BCUT2D eigenvalue weighted by atomic mass is 16.5. The third kappa shape index (κ3) is 2.89. The van der Waals surface area contributed by atoms with Crippen LogP contribution >= 0.6 is 0 Å². The third-order valence-corrected chi connectivity index (χ3v) is 4.68. The molecule has 2 heterocycles. The summed E-state index contributed by atoms with van der Waals surface area (Å²) < 4.78 is 7.21. The van der Waals surface area contributed by atoms with Gasteiger partial charge in [0.1, 0.15) is 5.75 Å². The number of methoxy groups -OCH3 is 1. The van der Waals surface area contributed by atoms with Crippen molar-refractivity contribution in [3.8, 4) is 11.4 Å². The van der Waals surface area contributed by atoms with Crippen molar-refractivity contribution in [1.82, 2.24) is 14.5 Å². The first-order valence-electron chi connectivity index (χ1n) is 8.29. The van der Waals surface area contributed by atoms with Gasteiger partial charge in [-0.05, 0) is 48.4 Å². The van der Waals surface area contributed by atoms with Crippen molar-refractivity contribution in [2.24, 2.45) is 0 Å². The Kier molecular flexibility index (Phi) is 3.98. The molecule has 126 valence electrons. The number of benzene rings is 2. The Balaban J connectivity index is 1.52. The number of ether oxygens (including phenoxy) is 1. The Morgan fingerprint density at radius 3 is 2.68 bits per heavy atom. The number of carbonyl (C=O) groups is 1. The molecule has 5 heteroatoms. The Hall–Kier alpha value is -3.08. The Bertz CT molecular complexity index is 872. The van der Waals surface area contributed by atoms with Crippen LogP contribution in [0, 0.1) is 0 Å². The number of rotatable bonds is 4.